The second-order valence-electron chi connectivity index (χ2n) is 5.36. The normalized spacial score (nSPS) is 14.8. The molecule has 0 fully saturated rings. The zero-order valence-corrected chi connectivity index (χ0v) is 12.7. The lowest BCUT2D eigenvalue weighted by atomic mass is 10.1. The van der Waals surface area contributed by atoms with Crippen LogP contribution in [0.25, 0.3) is 0 Å². The van der Waals surface area contributed by atoms with Gasteiger partial charge in [-0.25, -0.2) is 0 Å². The van der Waals surface area contributed by atoms with E-state index in [0.29, 0.717) is 6.42 Å². The predicted molar refractivity (Wildman–Crippen MR) is 76.5 cm³/mol. The lowest BCUT2D eigenvalue weighted by Gasteiger charge is -2.24. The first-order valence-corrected chi connectivity index (χ1v) is 7.43. The van der Waals surface area contributed by atoms with Crippen LogP contribution in [0.1, 0.15) is 34.1 Å². The van der Waals surface area contributed by atoms with Crippen molar-refractivity contribution < 1.29 is 9.59 Å². The van der Waals surface area contributed by atoms with Crippen molar-refractivity contribution in [3.8, 4) is 0 Å². The van der Waals surface area contributed by atoms with E-state index in [1.54, 1.807) is 18.7 Å². The Morgan fingerprint density at radius 3 is 2.28 bits per heavy atom. The van der Waals surface area contributed by atoms with E-state index in [2.05, 4.69) is 10.6 Å². The van der Waals surface area contributed by atoms with Gasteiger partial charge in [0.25, 0.3) is 0 Å². The molecule has 0 aliphatic rings. The molecule has 0 bridgehead atoms. The Balaban J connectivity index is 4.18. The molecule has 0 aromatic heterocycles. The first-order chi connectivity index (χ1) is 8.17. The van der Waals surface area contributed by atoms with E-state index in [1.165, 1.54) is 0 Å². The zero-order valence-electron chi connectivity index (χ0n) is 11.9. The molecule has 0 aromatic rings. The molecule has 0 spiro atoms. The summed E-state index contributed by atoms with van der Waals surface area (Å²) in [7, 11) is 0. The molecule has 2 amide bonds. The van der Waals surface area contributed by atoms with E-state index in [0.717, 1.165) is 5.75 Å². The van der Waals surface area contributed by atoms with Gasteiger partial charge in [-0.05, 0) is 46.1 Å². The topological polar surface area (TPSA) is 84.2 Å². The fraction of sp³-hybridized carbons (Fsp3) is 0.833. The van der Waals surface area contributed by atoms with Crippen molar-refractivity contribution in [3.63, 3.8) is 0 Å². The molecule has 5 nitrogen and oxygen atoms in total. The lowest BCUT2D eigenvalue weighted by molar-refractivity contribution is -0.130. The molecule has 0 aliphatic carbocycles. The van der Waals surface area contributed by atoms with E-state index >= 15 is 0 Å². The fourth-order valence-electron chi connectivity index (χ4n) is 1.24. The molecule has 0 aromatic carbocycles. The van der Waals surface area contributed by atoms with Gasteiger partial charge in [-0.1, -0.05) is 0 Å². The van der Waals surface area contributed by atoms with Crippen molar-refractivity contribution in [2.45, 2.75) is 51.7 Å². The molecule has 0 aliphatic heterocycles. The Labute approximate surface area is 114 Å². The summed E-state index contributed by atoms with van der Waals surface area (Å²) in [5.41, 5.74) is 5.41. The SMILES string of the molecule is CSCC[C@@H](N)C(=O)NC(C)C(=O)NC(C)(C)C. The number of nitrogens with two attached hydrogens (primary N) is 1. The maximum Gasteiger partial charge on any atom is 0.242 e. The fourth-order valence-corrected chi connectivity index (χ4v) is 1.73. The Bertz CT molecular complexity index is 290. The molecule has 0 heterocycles. The van der Waals surface area contributed by atoms with Crippen molar-refractivity contribution in [3.05, 3.63) is 0 Å². The van der Waals surface area contributed by atoms with Crippen LogP contribution in [0.2, 0.25) is 0 Å². The van der Waals surface area contributed by atoms with Crippen molar-refractivity contribution >= 4 is 23.6 Å². The van der Waals surface area contributed by atoms with Gasteiger partial charge in [0.2, 0.25) is 11.8 Å². The molecule has 0 saturated carbocycles. The maximum atomic E-state index is 11.8. The van der Waals surface area contributed by atoms with Gasteiger partial charge in [0.05, 0.1) is 6.04 Å². The largest absolute Gasteiger partial charge is 0.350 e. The summed E-state index contributed by atoms with van der Waals surface area (Å²) in [6.07, 6.45) is 2.57. The average molecular weight is 275 g/mol. The molecular weight excluding hydrogens is 250 g/mol. The highest BCUT2D eigenvalue weighted by Gasteiger charge is 2.22. The smallest absolute Gasteiger partial charge is 0.242 e. The summed E-state index contributed by atoms with van der Waals surface area (Å²) in [5.74, 6) is 0.352. The molecule has 2 atom stereocenters. The van der Waals surface area contributed by atoms with Crippen LogP contribution < -0.4 is 16.4 Å². The standard InChI is InChI=1S/C12H25N3O2S/c1-8(10(16)15-12(2,3)4)14-11(17)9(13)6-7-18-5/h8-9H,6-7,13H2,1-5H3,(H,14,17)(H,15,16)/t8?,9-/m1/s1. The Morgan fingerprint density at radius 2 is 1.83 bits per heavy atom. The number of carbonyl (C=O) groups is 2. The van der Waals surface area contributed by atoms with Gasteiger partial charge in [-0.15, -0.1) is 0 Å². The van der Waals surface area contributed by atoms with Crippen molar-refractivity contribution in [2.24, 2.45) is 5.73 Å². The Hall–Kier alpha value is -0.750. The summed E-state index contributed by atoms with van der Waals surface area (Å²) < 4.78 is 0. The van der Waals surface area contributed by atoms with Crippen LogP contribution in [-0.4, -0.2) is 41.4 Å². The van der Waals surface area contributed by atoms with Crippen LogP contribution in [0, 0.1) is 0 Å². The second-order valence-corrected chi connectivity index (χ2v) is 6.34. The van der Waals surface area contributed by atoms with Gasteiger partial charge < -0.3 is 16.4 Å². The van der Waals surface area contributed by atoms with E-state index in [1.807, 2.05) is 27.0 Å². The van der Waals surface area contributed by atoms with Crippen LogP contribution >= 0.6 is 11.8 Å². The minimum absolute atomic E-state index is 0.201. The monoisotopic (exact) mass is 275 g/mol. The predicted octanol–water partition coefficient (Wildman–Crippen LogP) is 0.486. The van der Waals surface area contributed by atoms with Crippen molar-refractivity contribution in [1.29, 1.82) is 0 Å². The number of carbonyl (C=O) groups excluding carboxylic acids is 2. The minimum atomic E-state index is -0.572. The molecular formula is C12H25N3O2S. The van der Waals surface area contributed by atoms with Gasteiger partial charge >= 0.3 is 0 Å². The molecule has 0 radical (unpaired) electrons. The van der Waals surface area contributed by atoms with Crippen LogP contribution in [0.5, 0.6) is 0 Å². The molecule has 0 rings (SSSR count). The van der Waals surface area contributed by atoms with E-state index in [9.17, 15) is 9.59 Å². The lowest BCUT2D eigenvalue weighted by Crippen LogP contribution is -2.53. The van der Waals surface area contributed by atoms with Crippen LogP contribution in [0.3, 0.4) is 0 Å². The summed E-state index contributed by atoms with van der Waals surface area (Å²) in [6, 6.07) is -1.13. The summed E-state index contributed by atoms with van der Waals surface area (Å²) in [4.78, 5) is 23.5. The van der Waals surface area contributed by atoms with Gasteiger partial charge in [0, 0.05) is 5.54 Å². The highest BCUT2D eigenvalue weighted by molar-refractivity contribution is 7.98. The summed E-state index contributed by atoms with van der Waals surface area (Å²) in [6.45, 7) is 7.33. The van der Waals surface area contributed by atoms with E-state index in [-0.39, 0.29) is 17.4 Å². The maximum absolute atomic E-state index is 11.8. The van der Waals surface area contributed by atoms with Crippen LogP contribution in [-0.2, 0) is 9.59 Å². The molecule has 18 heavy (non-hydrogen) atoms. The number of thioether (sulfide) groups is 1. The molecule has 1 unspecified atom stereocenters. The first kappa shape index (κ1) is 17.2. The third-order valence-corrected chi connectivity index (χ3v) is 2.86. The number of nitrogens with one attached hydrogen (secondary N) is 2. The number of amides is 2. The second kappa shape index (κ2) is 7.63. The minimum Gasteiger partial charge on any atom is -0.350 e. The van der Waals surface area contributed by atoms with Gasteiger partial charge in [0.1, 0.15) is 6.04 Å². The van der Waals surface area contributed by atoms with E-state index in [4.69, 9.17) is 5.73 Å². The zero-order chi connectivity index (χ0) is 14.3. The number of rotatable bonds is 6. The summed E-state index contributed by atoms with van der Waals surface area (Å²) in [5, 5.41) is 5.43. The summed E-state index contributed by atoms with van der Waals surface area (Å²) >= 11 is 1.64. The quantitative estimate of drug-likeness (QED) is 0.658. The molecule has 0 saturated heterocycles. The van der Waals surface area contributed by atoms with Gasteiger partial charge in [0.15, 0.2) is 0 Å². The van der Waals surface area contributed by atoms with Gasteiger partial charge in [-0.3, -0.25) is 9.59 Å². The number of hydrogen-bond donors (Lipinski definition) is 3. The Kier molecular flexibility index (Phi) is 7.32. The van der Waals surface area contributed by atoms with Crippen LogP contribution in [0.15, 0.2) is 0 Å². The van der Waals surface area contributed by atoms with Crippen LogP contribution in [0.4, 0.5) is 0 Å². The van der Waals surface area contributed by atoms with Crippen molar-refractivity contribution in [1.82, 2.24) is 10.6 Å². The number of hydrogen-bond acceptors (Lipinski definition) is 4. The molecule has 106 valence electrons. The van der Waals surface area contributed by atoms with E-state index < -0.39 is 12.1 Å². The Morgan fingerprint density at radius 1 is 1.28 bits per heavy atom. The third kappa shape index (κ3) is 7.55. The third-order valence-electron chi connectivity index (χ3n) is 2.22. The van der Waals surface area contributed by atoms with Crippen molar-refractivity contribution in [2.75, 3.05) is 12.0 Å². The van der Waals surface area contributed by atoms with Gasteiger partial charge in [-0.2, -0.15) is 11.8 Å². The molecule has 6 heteroatoms. The highest BCUT2D eigenvalue weighted by atomic mass is 32.2. The first-order valence-electron chi connectivity index (χ1n) is 6.04. The highest BCUT2D eigenvalue weighted by Crippen LogP contribution is 2.01. The average Bonchev–Trinajstić information content (AvgIpc) is 2.23. The molecule has 4 N–H and O–H groups in total.